The average Bonchev–Trinajstić information content (AvgIpc) is 3.79. The fourth-order valence-electron chi connectivity index (χ4n) is 7.65. The van der Waals surface area contributed by atoms with E-state index in [1.165, 1.54) is 0 Å². The van der Waals surface area contributed by atoms with Crippen molar-refractivity contribution in [1.82, 2.24) is 5.32 Å². The predicted molar refractivity (Wildman–Crippen MR) is 203 cm³/mol. The van der Waals surface area contributed by atoms with Crippen LogP contribution in [0.25, 0.3) is 0 Å². The Balaban J connectivity index is 1.19. The van der Waals surface area contributed by atoms with Crippen LogP contribution >= 0.6 is 0 Å². The minimum absolute atomic E-state index is 0.0638. The Kier molecular flexibility index (Phi) is 13.0. The lowest BCUT2D eigenvalue weighted by atomic mass is 9.86. The molecule has 0 saturated carbocycles. The number of phenolic OH excluding ortho intramolecular Hbond substituents is 1. The van der Waals surface area contributed by atoms with Gasteiger partial charge >= 0.3 is 11.9 Å². The molecule has 7 rings (SSSR count). The molecule has 4 heterocycles. The number of carbonyl (C=O) groups is 2. The number of nitrogens with one attached hydrogen (secondary N) is 1. The summed E-state index contributed by atoms with van der Waals surface area (Å²) in [5, 5.41) is 54.3. The van der Waals surface area contributed by atoms with E-state index in [2.05, 4.69) is 19.2 Å². The number of carbonyl (C=O) groups excluding carboxylic acids is 1. The molecule has 18 heteroatoms. The fraction of sp³-hybridized carbons (Fsp3) is 0.512. The lowest BCUT2D eigenvalue weighted by Gasteiger charge is -2.41. The normalized spacial score (nSPS) is 25.6. The smallest absolute Gasteiger partial charge is 0.317 e. The van der Waals surface area contributed by atoms with Crippen LogP contribution in [0.4, 0.5) is 0 Å². The fourth-order valence-corrected chi connectivity index (χ4v) is 7.65. The van der Waals surface area contributed by atoms with Crippen LogP contribution in [0.5, 0.6) is 34.5 Å². The maximum absolute atomic E-state index is 12.0. The molecule has 8 N–H and O–H groups in total. The summed E-state index contributed by atoms with van der Waals surface area (Å²) in [6.45, 7) is 3.82. The number of hydrogen-bond acceptors (Lipinski definition) is 17. The van der Waals surface area contributed by atoms with Gasteiger partial charge in [0.2, 0.25) is 0 Å². The summed E-state index contributed by atoms with van der Waals surface area (Å²) in [7, 11) is 1.71. The maximum atomic E-state index is 12.0. The molecule has 3 aromatic carbocycles. The molecule has 1 saturated heterocycles. The molecule has 1 fully saturated rings. The largest absolute Gasteiger partial charge is 0.508 e. The van der Waals surface area contributed by atoms with Gasteiger partial charge in [-0.1, -0.05) is 26.0 Å². The third-order valence-corrected chi connectivity index (χ3v) is 10.4. The van der Waals surface area contributed by atoms with Crippen molar-refractivity contribution in [3.8, 4) is 34.5 Å². The van der Waals surface area contributed by atoms with Gasteiger partial charge in [0.25, 0.3) is 6.29 Å². The van der Waals surface area contributed by atoms with Gasteiger partial charge < -0.3 is 74.6 Å². The highest BCUT2D eigenvalue weighted by molar-refractivity contribution is 5.90. The lowest BCUT2D eigenvalue weighted by Crippen LogP contribution is -2.61. The van der Waals surface area contributed by atoms with E-state index in [1.807, 2.05) is 12.1 Å². The second-order valence-electron chi connectivity index (χ2n) is 15.4. The van der Waals surface area contributed by atoms with E-state index in [0.717, 1.165) is 16.7 Å². The van der Waals surface area contributed by atoms with E-state index >= 15 is 0 Å². The molecule has 0 bridgehead atoms. The topological polar surface area (TPSA) is 256 Å². The Morgan fingerprint density at radius 2 is 1.83 bits per heavy atom. The Morgan fingerprint density at radius 1 is 1.02 bits per heavy atom. The van der Waals surface area contributed by atoms with Gasteiger partial charge in [0.15, 0.2) is 29.6 Å². The average molecular weight is 827 g/mol. The van der Waals surface area contributed by atoms with Crippen LogP contribution in [0.1, 0.15) is 60.1 Å². The third-order valence-electron chi connectivity index (χ3n) is 10.4. The van der Waals surface area contributed by atoms with E-state index in [9.17, 15) is 30.0 Å². The van der Waals surface area contributed by atoms with Crippen molar-refractivity contribution < 1.29 is 78.1 Å². The first-order chi connectivity index (χ1) is 28.3. The second kappa shape index (κ2) is 18.1. The van der Waals surface area contributed by atoms with E-state index in [1.54, 1.807) is 37.4 Å². The summed E-state index contributed by atoms with van der Waals surface area (Å²) in [6.07, 6.45) is -9.03. The van der Waals surface area contributed by atoms with Gasteiger partial charge in [0, 0.05) is 41.3 Å². The Morgan fingerprint density at radius 3 is 2.56 bits per heavy atom. The van der Waals surface area contributed by atoms with Crippen molar-refractivity contribution in [1.29, 1.82) is 0 Å². The summed E-state index contributed by atoms with van der Waals surface area (Å²) in [5.41, 5.74) is 9.80. The van der Waals surface area contributed by atoms with Gasteiger partial charge in [-0.2, -0.15) is 4.89 Å². The molecule has 0 unspecified atom stereocenters. The summed E-state index contributed by atoms with van der Waals surface area (Å²) in [5.74, 6) is 0.00645. The van der Waals surface area contributed by atoms with Crippen LogP contribution in [0.3, 0.4) is 0 Å². The number of aliphatic hydroxyl groups is 3. The van der Waals surface area contributed by atoms with Crippen LogP contribution in [-0.4, -0.2) is 121 Å². The van der Waals surface area contributed by atoms with Crippen LogP contribution in [0.2, 0.25) is 0 Å². The zero-order chi connectivity index (χ0) is 42.0. The van der Waals surface area contributed by atoms with Crippen LogP contribution < -0.4 is 34.9 Å². The summed E-state index contributed by atoms with van der Waals surface area (Å²) < 4.78 is 41.9. The van der Waals surface area contributed by atoms with Crippen LogP contribution in [0.15, 0.2) is 42.5 Å². The molecule has 3 aromatic rings. The molecule has 18 nitrogen and oxygen atoms in total. The minimum atomic E-state index is -1.72. The van der Waals surface area contributed by atoms with E-state index in [4.69, 9.17) is 53.8 Å². The first kappa shape index (κ1) is 42.2. The predicted octanol–water partition coefficient (Wildman–Crippen LogP) is 1.59. The summed E-state index contributed by atoms with van der Waals surface area (Å²) in [4.78, 5) is 34.9. The molecular formula is C41H50N2O16. The number of carboxylic acid groups (broad SMARTS) is 1. The van der Waals surface area contributed by atoms with Crippen LogP contribution in [-0.2, 0) is 41.5 Å². The Bertz CT molecular complexity index is 1990. The van der Waals surface area contributed by atoms with Crippen molar-refractivity contribution in [3.63, 3.8) is 0 Å². The zero-order valence-corrected chi connectivity index (χ0v) is 32.8. The Hall–Kier alpha value is -4.92. The van der Waals surface area contributed by atoms with Gasteiger partial charge in [-0.15, -0.1) is 0 Å². The van der Waals surface area contributed by atoms with Crippen molar-refractivity contribution in [2.75, 3.05) is 40.0 Å². The number of hydrogen-bond donors (Lipinski definition) is 7. The first-order valence-corrected chi connectivity index (χ1v) is 19.5. The van der Waals surface area contributed by atoms with Crippen molar-refractivity contribution in [2.45, 2.75) is 88.2 Å². The maximum Gasteiger partial charge on any atom is 0.317 e. The molecule has 4 aliphatic heterocycles. The molecular weight excluding hydrogens is 776 g/mol. The van der Waals surface area contributed by atoms with E-state index < -0.39 is 74.1 Å². The van der Waals surface area contributed by atoms with E-state index in [-0.39, 0.29) is 49.6 Å². The highest BCUT2D eigenvalue weighted by atomic mass is 17.2. The number of aliphatic carboxylic acids is 1. The highest BCUT2D eigenvalue weighted by Crippen LogP contribution is 2.58. The molecule has 0 radical (unpaired) electrons. The van der Waals surface area contributed by atoms with Gasteiger partial charge in [-0.25, -0.2) is 0 Å². The van der Waals surface area contributed by atoms with Gasteiger partial charge in [0.1, 0.15) is 61.3 Å². The van der Waals surface area contributed by atoms with E-state index in [0.29, 0.717) is 47.1 Å². The molecule has 59 heavy (non-hydrogen) atoms. The molecule has 4 aliphatic rings. The van der Waals surface area contributed by atoms with Crippen molar-refractivity contribution in [2.24, 2.45) is 11.7 Å². The Labute approximate surface area is 339 Å². The molecule has 0 aliphatic carbocycles. The molecule has 0 aromatic heterocycles. The minimum Gasteiger partial charge on any atom is -0.508 e. The number of ether oxygens (including phenoxy) is 7. The molecule has 0 amide bonds. The van der Waals surface area contributed by atoms with Crippen molar-refractivity contribution >= 4 is 11.9 Å². The number of esters is 1. The lowest BCUT2D eigenvalue weighted by molar-refractivity contribution is -0.373. The highest BCUT2D eigenvalue weighted by Gasteiger charge is 2.49. The number of benzene rings is 3. The van der Waals surface area contributed by atoms with Crippen molar-refractivity contribution in [3.05, 3.63) is 70.3 Å². The number of fused-ring (bicyclic) bond motifs is 6. The van der Waals surface area contributed by atoms with Crippen LogP contribution in [0, 0.1) is 5.92 Å². The number of aromatic hydroxyl groups is 1. The number of carboxylic acids is 1. The zero-order valence-electron chi connectivity index (χ0n) is 32.8. The number of likely N-dealkylation sites (N-methyl/N-ethyl adjacent to an activating group) is 1. The summed E-state index contributed by atoms with van der Waals surface area (Å²) >= 11 is 0. The summed E-state index contributed by atoms with van der Waals surface area (Å²) in [6, 6.07) is 11.6. The number of aliphatic hydroxyl groups excluding tert-OH is 3. The van der Waals surface area contributed by atoms with Gasteiger partial charge in [-0.3, -0.25) is 9.59 Å². The third kappa shape index (κ3) is 9.29. The van der Waals surface area contributed by atoms with Gasteiger partial charge in [0.05, 0.1) is 19.1 Å². The second-order valence-corrected chi connectivity index (χ2v) is 15.4. The number of rotatable bonds is 17. The number of phenols is 1. The molecule has 320 valence electrons. The monoisotopic (exact) mass is 826 g/mol. The van der Waals surface area contributed by atoms with Gasteiger partial charge in [-0.05, 0) is 55.3 Å². The molecule has 0 spiro atoms. The quantitative estimate of drug-likeness (QED) is 0.0441. The number of nitrogens with two attached hydrogens (primary N) is 1. The standard InChI is InChI=1S/C41H50N2O16/c1-19(2)7-26-37-24(11-30-39(26)56-34(15-44)54-30)27-17-51-29-10-21(8-20-5-4-6-23(45)9-20)28(12-25(29)38(27)57-37)58-59-40-36(50)35(49)31(18-52-33(48)13-32(46)47)55-41(40)53-16-22(42)14-43-3/h4-6,9-12,19,22,27,31,34-36,38,40-41,43-45,49-50H,7-8,13-18,42H2,1-3H3,(H,46,47)/t22-,27+,31+,34+,35+,36-,38+,40+,41+/m0/s1. The SMILES string of the molecule is CNC[C@H](N)CO[C@@H]1O[C@H](COC(=O)CC(=O)O)[C@@H](O)[C@H](O)[C@H]1OOc1cc2c(cc1Cc1cccc(O)c1)OC[C@@H]1c3cc4c(c(CC(C)C)c3O[C@H]21)O[C@H](CO)O4. The first-order valence-electron chi connectivity index (χ1n) is 19.5. The molecule has 9 atom stereocenters.